The van der Waals surface area contributed by atoms with E-state index in [0.29, 0.717) is 71.9 Å². The largest absolute Gasteiger partial charge is 0.415 e. The molecule has 4 heterocycles. The first-order chi connectivity index (χ1) is 38.4. The molecule has 0 radical (unpaired) electrons. The van der Waals surface area contributed by atoms with Crippen molar-refractivity contribution in [3.05, 3.63) is 108 Å². The molecule has 2 unspecified atom stereocenters. The molecule has 23 heteroatoms. The number of carbonyl (C=O) groups excluding carboxylic acids is 9. The predicted octanol–water partition coefficient (Wildman–Crippen LogP) is 4.61. The number of hydrogen-bond donors (Lipinski definition) is 8. The Balaban J connectivity index is 0.814. The molecule has 9 rings (SSSR count). The number of ether oxygens (including phenoxy) is 1. The summed E-state index contributed by atoms with van der Waals surface area (Å²) in [7, 11) is 2.01. The maximum absolute atomic E-state index is 14.5. The van der Waals surface area contributed by atoms with E-state index in [1.807, 2.05) is 45.2 Å². The van der Waals surface area contributed by atoms with Gasteiger partial charge in [0.05, 0.1) is 11.7 Å². The number of fused-ring (bicyclic) bond motifs is 4. The van der Waals surface area contributed by atoms with E-state index >= 15 is 0 Å². The normalized spacial score (nSPS) is 19.0. The number of nitrogens with one attached hydrogen (secondary N) is 7. The second kappa shape index (κ2) is 24.4. The number of nitrogens with zero attached hydrogens (tertiary/aromatic N) is 4. The molecule has 1 saturated carbocycles. The molecule has 9 N–H and O–H groups in total. The second-order valence-electron chi connectivity index (χ2n) is 21.0. The predicted molar refractivity (Wildman–Crippen MR) is 301 cm³/mol. The van der Waals surface area contributed by atoms with Crippen molar-refractivity contribution >= 4 is 104 Å². The first-order valence-electron chi connectivity index (χ1n) is 26.8. The molecular weight excluding hydrogens is 1050 g/mol. The Morgan fingerprint density at radius 2 is 1.55 bits per heavy atom. The highest BCUT2D eigenvalue weighted by molar-refractivity contribution is 6.19. The van der Waals surface area contributed by atoms with Crippen LogP contribution in [-0.4, -0.2) is 157 Å². The molecule has 2 fully saturated rings. The van der Waals surface area contributed by atoms with Crippen LogP contribution >= 0.6 is 11.6 Å². The fourth-order valence-corrected chi connectivity index (χ4v) is 10.9. The monoisotopic (exact) mass is 1110 g/mol. The number of piperazine rings is 1. The number of benzene rings is 4. The van der Waals surface area contributed by atoms with E-state index in [2.05, 4.69) is 41.8 Å². The third kappa shape index (κ3) is 12.6. The van der Waals surface area contributed by atoms with Gasteiger partial charge in [-0.15, -0.1) is 11.6 Å². The van der Waals surface area contributed by atoms with Crippen LogP contribution in [-0.2, 0) is 24.0 Å². The zero-order chi connectivity index (χ0) is 56.8. The van der Waals surface area contributed by atoms with Gasteiger partial charge < -0.3 is 62.1 Å². The van der Waals surface area contributed by atoms with Crippen LogP contribution in [0.2, 0.25) is 0 Å². The Bertz CT molecular complexity index is 3270. The van der Waals surface area contributed by atoms with Gasteiger partial charge in [0.15, 0.2) is 0 Å². The number of halogens is 1. The molecule has 10 amide bonds. The number of anilines is 3. The SMILES string of the molecule is CC(C)C(NCCNC(=O)CCCN1C(=O)C=CC1=O)C(=O)NC1(C(=O)Nc2ccc(C(=O)Nc3ccc4[nH]c(C(=O)N5C[C@@H](CCl)c6c5cc(OC(=O)N5CCN(C)CC5)c5ccccc65)cc4c3)cc2)C[C@@H]1CCNC(N)=O. The van der Waals surface area contributed by atoms with Gasteiger partial charge in [0.2, 0.25) is 17.7 Å². The topological polar surface area (TPSA) is 290 Å². The number of aromatic nitrogens is 1. The van der Waals surface area contributed by atoms with E-state index in [0.717, 1.165) is 34.3 Å². The fraction of sp³-hybridized carbons (Fsp3) is 0.386. The number of hydrogen-bond acceptors (Lipinski definition) is 12. The van der Waals surface area contributed by atoms with Crippen molar-refractivity contribution in [2.24, 2.45) is 17.6 Å². The number of amides is 10. The Morgan fingerprint density at radius 3 is 2.25 bits per heavy atom. The highest BCUT2D eigenvalue weighted by atomic mass is 35.5. The first kappa shape index (κ1) is 56.4. The van der Waals surface area contributed by atoms with Crippen LogP contribution in [0.25, 0.3) is 21.7 Å². The van der Waals surface area contributed by atoms with Gasteiger partial charge in [0, 0.05) is 129 Å². The molecule has 1 aromatic heterocycles. The van der Waals surface area contributed by atoms with Crippen molar-refractivity contribution in [1.82, 2.24) is 41.0 Å². The highest BCUT2D eigenvalue weighted by Gasteiger charge is 2.61. The molecule has 5 aromatic rings. The number of imide groups is 1. The lowest BCUT2D eigenvalue weighted by atomic mass is 9.95. The van der Waals surface area contributed by atoms with Gasteiger partial charge in [-0.2, -0.15) is 0 Å². The molecule has 4 aliphatic rings. The lowest BCUT2D eigenvalue weighted by Crippen LogP contribution is -2.56. The zero-order valence-corrected chi connectivity index (χ0v) is 45.5. The van der Waals surface area contributed by atoms with Gasteiger partial charge in [-0.3, -0.25) is 38.5 Å². The third-order valence-electron chi connectivity index (χ3n) is 15.1. The molecular formula is C57H65ClN12O10. The Morgan fingerprint density at radius 1 is 0.838 bits per heavy atom. The number of carbonyl (C=O) groups is 9. The quantitative estimate of drug-likeness (QED) is 0.0284. The number of H-pyrrole nitrogens is 1. The molecule has 1 aliphatic carbocycles. The third-order valence-corrected chi connectivity index (χ3v) is 15.5. The fourth-order valence-electron chi connectivity index (χ4n) is 10.6. The smallest absolute Gasteiger partial charge is 0.409 e. The molecule has 0 bridgehead atoms. The van der Waals surface area contributed by atoms with Crippen molar-refractivity contribution in [3.8, 4) is 5.75 Å². The molecule has 1 saturated heterocycles. The Kier molecular flexibility index (Phi) is 17.2. The van der Waals surface area contributed by atoms with E-state index in [4.69, 9.17) is 22.1 Å². The second-order valence-corrected chi connectivity index (χ2v) is 21.3. The van der Waals surface area contributed by atoms with Crippen LogP contribution in [0.15, 0.2) is 91.0 Å². The molecule has 4 aromatic carbocycles. The number of nitrogens with two attached hydrogens (primary N) is 1. The Hall–Kier alpha value is -8.34. The minimum Gasteiger partial charge on any atom is -0.409 e. The average Bonchev–Trinajstić information content (AvgIpc) is 3.78. The van der Waals surface area contributed by atoms with E-state index in [-0.39, 0.29) is 80.0 Å². The Labute approximate surface area is 466 Å². The first-order valence-corrected chi connectivity index (χ1v) is 27.3. The number of primary amides is 1. The average molecular weight is 1110 g/mol. The van der Waals surface area contributed by atoms with Crippen molar-refractivity contribution in [2.45, 2.75) is 57.0 Å². The summed E-state index contributed by atoms with van der Waals surface area (Å²) in [4.78, 5) is 127. The zero-order valence-electron chi connectivity index (χ0n) is 44.7. The van der Waals surface area contributed by atoms with Crippen LogP contribution in [0, 0.1) is 11.8 Å². The summed E-state index contributed by atoms with van der Waals surface area (Å²) in [5, 5.41) is 19.5. The molecule has 3 aliphatic heterocycles. The van der Waals surface area contributed by atoms with Crippen LogP contribution in [0.4, 0.5) is 26.7 Å². The van der Waals surface area contributed by atoms with E-state index in [1.54, 1.807) is 64.4 Å². The summed E-state index contributed by atoms with van der Waals surface area (Å²) >= 11 is 6.57. The van der Waals surface area contributed by atoms with Gasteiger partial charge in [-0.1, -0.05) is 38.1 Å². The van der Waals surface area contributed by atoms with Gasteiger partial charge in [0.1, 0.15) is 17.0 Å². The van der Waals surface area contributed by atoms with Gasteiger partial charge in [-0.05, 0) is 97.6 Å². The van der Waals surface area contributed by atoms with Gasteiger partial charge in [-0.25, -0.2) is 9.59 Å². The summed E-state index contributed by atoms with van der Waals surface area (Å²) in [6, 6.07) is 21.1. The molecule has 4 atom stereocenters. The summed E-state index contributed by atoms with van der Waals surface area (Å²) < 4.78 is 6.06. The van der Waals surface area contributed by atoms with Gasteiger partial charge in [0.25, 0.3) is 23.6 Å². The maximum atomic E-state index is 14.5. The molecule has 80 heavy (non-hydrogen) atoms. The number of likely N-dealkylation sites (N-methyl/N-ethyl adjacent to an activating group) is 1. The lowest BCUT2D eigenvalue weighted by molar-refractivity contribution is -0.137. The molecule has 420 valence electrons. The van der Waals surface area contributed by atoms with Crippen molar-refractivity contribution < 1.29 is 47.9 Å². The lowest BCUT2D eigenvalue weighted by Gasteiger charge is -2.31. The van der Waals surface area contributed by atoms with Crippen LogP contribution < -0.4 is 47.3 Å². The van der Waals surface area contributed by atoms with E-state index in [9.17, 15) is 43.2 Å². The highest BCUT2D eigenvalue weighted by Crippen LogP contribution is 2.48. The van der Waals surface area contributed by atoms with Crippen LogP contribution in [0.3, 0.4) is 0 Å². The van der Waals surface area contributed by atoms with Crippen LogP contribution in [0.1, 0.15) is 71.9 Å². The van der Waals surface area contributed by atoms with E-state index < -0.39 is 53.2 Å². The van der Waals surface area contributed by atoms with Crippen LogP contribution in [0.5, 0.6) is 5.75 Å². The standard InChI is InChI=1S/C57H65ClN12O10/c1-33(2)50(61-21-20-60-46(71)9-6-22-69-47(72)16-17-48(69)73)52(75)66-57(30-37(57)18-19-62-55(59)78)54(77)64-38-12-10-34(11-13-38)51(74)63-39-14-15-42-35(27-39)28-43(65-42)53(76)70-32-36(31-58)49-41-8-5-4-7-40(41)45(29-44(49)70)80-56(79)68-25-23-67(3)24-26-68/h4-5,7-8,10-17,27-29,33,36-37,50,61,65H,6,9,18-26,30-32H2,1-3H3,(H,60,71)(H,63,74)(H,64,77)(H,66,75)(H3,59,62,78)/t36-,37+,50?,57?/m1/s1. The number of rotatable bonds is 21. The van der Waals surface area contributed by atoms with Crippen molar-refractivity contribution in [2.75, 3.05) is 87.4 Å². The number of alkyl halides is 1. The minimum absolute atomic E-state index is 0.0952. The molecule has 22 nitrogen and oxygen atoms in total. The molecule has 0 spiro atoms. The van der Waals surface area contributed by atoms with Gasteiger partial charge >= 0.3 is 12.1 Å². The minimum atomic E-state index is -1.32. The number of urea groups is 1. The summed E-state index contributed by atoms with van der Waals surface area (Å²) in [6.45, 7) is 7.28. The van der Waals surface area contributed by atoms with Crippen molar-refractivity contribution in [3.63, 3.8) is 0 Å². The summed E-state index contributed by atoms with van der Waals surface area (Å²) in [5.41, 5.74) is 7.57. The van der Waals surface area contributed by atoms with Crippen molar-refractivity contribution in [1.29, 1.82) is 0 Å². The summed E-state index contributed by atoms with van der Waals surface area (Å²) in [6.07, 6.45) is 2.96. The van der Waals surface area contributed by atoms with E-state index in [1.165, 1.54) is 12.2 Å². The summed E-state index contributed by atoms with van der Waals surface area (Å²) in [5.74, 6) is -2.89. The maximum Gasteiger partial charge on any atom is 0.415 e. The number of aromatic amines is 1.